The topological polar surface area (TPSA) is 71.8 Å². The Bertz CT molecular complexity index is 449. The molecule has 1 spiro atoms. The lowest BCUT2D eigenvalue weighted by atomic mass is 9.92. The second-order valence-electron chi connectivity index (χ2n) is 5.44. The Morgan fingerprint density at radius 2 is 2.39 bits per heavy atom. The molecule has 0 radical (unpaired) electrons. The quantitative estimate of drug-likeness (QED) is 0.779. The van der Waals surface area contributed by atoms with Crippen LogP contribution in [-0.4, -0.2) is 33.8 Å². The molecule has 1 amide bonds. The van der Waals surface area contributed by atoms with Gasteiger partial charge in [-0.15, -0.1) is 10.2 Å². The highest BCUT2D eigenvalue weighted by Gasteiger charge is 2.57. The minimum atomic E-state index is 0.180. The van der Waals surface area contributed by atoms with Crippen LogP contribution in [0.3, 0.4) is 0 Å². The monoisotopic (exact) mass is 249 g/mol. The van der Waals surface area contributed by atoms with Gasteiger partial charge in [0.25, 0.3) is 0 Å². The summed E-state index contributed by atoms with van der Waals surface area (Å²) < 4.78 is 1.83. The first-order chi connectivity index (χ1) is 8.71. The summed E-state index contributed by atoms with van der Waals surface area (Å²) >= 11 is 0. The molecule has 6 heteroatoms. The smallest absolute Gasteiger partial charge is 0.224 e. The van der Waals surface area contributed by atoms with E-state index >= 15 is 0 Å². The molecule has 1 atom stereocenters. The highest BCUT2D eigenvalue weighted by atomic mass is 16.2. The third-order valence-electron chi connectivity index (χ3n) is 4.33. The number of carbonyl (C=O) groups excluding carboxylic acids is 1. The second-order valence-corrected chi connectivity index (χ2v) is 5.44. The second kappa shape index (κ2) is 4.35. The van der Waals surface area contributed by atoms with Gasteiger partial charge in [-0.3, -0.25) is 4.79 Å². The van der Waals surface area contributed by atoms with E-state index in [-0.39, 0.29) is 11.8 Å². The van der Waals surface area contributed by atoms with Crippen molar-refractivity contribution in [2.75, 3.05) is 13.1 Å². The molecule has 2 aliphatic rings. The van der Waals surface area contributed by atoms with E-state index in [9.17, 15) is 4.79 Å². The van der Waals surface area contributed by atoms with Crippen molar-refractivity contribution in [2.45, 2.75) is 25.8 Å². The van der Waals surface area contributed by atoms with Gasteiger partial charge < -0.3 is 15.2 Å². The molecule has 3 rings (SSSR count). The molecule has 1 unspecified atom stereocenters. The molecule has 1 saturated carbocycles. The van der Waals surface area contributed by atoms with Crippen LogP contribution in [0.15, 0.2) is 6.33 Å². The first-order valence-electron chi connectivity index (χ1n) is 6.53. The number of hydrogen-bond acceptors (Lipinski definition) is 4. The van der Waals surface area contributed by atoms with Crippen molar-refractivity contribution in [3.8, 4) is 0 Å². The van der Waals surface area contributed by atoms with Crippen molar-refractivity contribution in [3.63, 3.8) is 0 Å². The molecule has 2 heterocycles. The molecule has 1 aromatic rings. The Kier molecular flexibility index (Phi) is 2.81. The van der Waals surface area contributed by atoms with E-state index < -0.39 is 0 Å². The summed E-state index contributed by atoms with van der Waals surface area (Å²) in [6, 6.07) is 0. The molecule has 0 aromatic carbocycles. The van der Waals surface area contributed by atoms with Crippen LogP contribution in [0.4, 0.5) is 0 Å². The van der Waals surface area contributed by atoms with Gasteiger partial charge >= 0.3 is 0 Å². The van der Waals surface area contributed by atoms with Gasteiger partial charge in [-0.25, -0.2) is 0 Å². The van der Waals surface area contributed by atoms with Crippen LogP contribution in [0.5, 0.6) is 0 Å². The number of aromatic nitrogens is 3. The number of amides is 1. The number of piperidine rings is 1. The molecule has 1 saturated heterocycles. The minimum Gasteiger partial charge on any atom is -0.349 e. The normalized spacial score (nSPS) is 25.1. The third kappa shape index (κ3) is 2.01. The van der Waals surface area contributed by atoms with Gasteiger partial charge in [-0.05, 0) is 37.8 Å². The molecule has 1 aromatic heterocycles. The lowest BCUT2D eigenvalue weighted by Gasteiger charge is -2.23. The summed E-state index contributed by atoms with van der Waals surface area (Å²) in [6.07, 6.45) is 4.97. The SMILES string of the molecule is Cn1cnnc1CNC(=O)C1CC12CCNCC2. The van der Waals surface area contributed by atoms with Gasteiger partial charge in [-0.2, -0.15) is 0 Å². The highest BCUT2D eigenvalue weighted by molar-refractivity contribution is 5.82. The third-order valence-corrected chi connectivity index (χ3v) is 4.33. The average Bonchev–Trinajstić information content (AvgIpc) is 2.90. The lowest BCUT2D eigenvalue weighted by molar-refractivity contribution is -0.123. The summed E-state index contributed by atoms with van der Waals surface area (Å²) in [4.78, 5) is 12.1. The van der Waals surface area contributed by atoms with Gasteiger partial charge in [0.2, 0.25) is 5.91 Å². The Balaban J connectivity index is 1.53. The van der Waals surface area contributed by atoms with E-state index in [0.717, 1.165) is 38.2 Å². The number of hydrogen-bond donors (Lipinski definition) is 2. The predicted octanol–water partition coefficient (Wildman–Crippen LogP) is -0.179. The summed E-state index contributed by atoms with van der Waals surface area (Å²) in [7, 11) is 1.88. The Morgan fingerprint density at radius 1 is 1.61 bits per heavy atom. The fraction of sp³-hybridized carbons (Fsp3) is 0.750. The summed E-state index contributed by atoms with van der Waals surface area (Å²) in [6.45, 7) is 2.57. The van der Waals surface area contributed by atoms with Gasteiger partial charge in [0.15, 0.2) is 5.82 Å². The van der Waals surface area contributed by atoms with Crippen LogP contribution in [0.25, 0.3) is 0 Å². The molecule has 1 aliphatic carbocycles. The van der Waals surface area contributed by atoms with Crippen LogP contribution in [0.2, 0.25) is 0 Å². The van der Waals surface area contributed by atoms with Gasteiger partial charge in [0.05, 0.1) is 6.54 Å². The van der Waals surface area contributed by atoms with Crippen molar-refractivity contribution in [1.82, 2.24) is 25.4 Å². The van der Waals surface area contributed by atoms with E-state index in [0.29, 0.717) is 12.0 Å². The molecular formula is C12H19N5O. The standard InChI is InChI=1S/C12H19N5O/c1-17-8-15-16-10(17)7-14-11(18)9-6-12(9)2-4-13-5-3-12/h8-9,13H,2-7H2,1H3,(H,14,18). The van der Waals surface area contributed by atoms with E-state index in [1.54, 1.807) is 6.33 Å². The van der Waals surface area contributed by atoms with Crippen molar-refractivity contribution in [1.29, 1.82) is 0 Å². The maximum Gasteiger partial charge on any atom is 0.224 e. The van der Waals surface area contributed by atoms with Gasteiger partial charge in [-0.1, -0.05) is 0 Å². The Hall–Kier alpha value is -1.43. The Morgan fingerprint density at radius 3 is 3.06 bits per heavy atom. The fourth-order valence-corrected chi connectivity index (χ4v) is 2.95. The number of nitrogens with one attached hydrogen (secondary N) is 2. The molecule has 98 valence electrons. The summed E-state index contributed by atoms with van der Waals surface area (Å²) in [5.74, 6) is 1.19. The summed E-state index contributed by atoms with van der Waals surface area (Å²) in [5, 5.41) is 14.1. The van der Waals surface area contributed by atoms with Gasteiger partial charge in [0.1, 0.15) is 6.33 Å². The van der Waals surface area contributed by atoms with E-state index in [1.807, 2.05) is 11.6 Å². The van der Waals surface area contributed by atoms with Gasteiger partial charge in [0, 0.05) is 13.0 Å². The van der Waals surface area contributed by atoms with Crippen molar-refractivity contribution < 1.29 is 4.79 Å². The Labute approximate surface area is 106 Å². The molecule has 2 fully saturated rings. The van der Waals surface area contributed by atoms with E-state index in [1.165, 1.54) is 0 Å². The number of aryl methyl sites for hydroxylation is 1. The van der Waals surface area contributed by atoms with Crippen molar-refractivity contribution in [2.24, 2.45) is 18.4 Å². The van der Waals surface area contributed by atoms with E-state index in [2.05, 4.69) is 20.8 Å². The largest absolute Gasteiger partial charge is 0.349 e. The first kappa shape index (κ1) is 11.6. The summed E-state index contributed by atoms with van der Waals surface area (Å²) in [5.41, 5.74) is 0.301. The van der Waals surface area contributed by atoms with Crippen LogP contribution in [0, 0.1) is 11.3 Å². The van der Waals surface area contributed by atoms with Crippen LogP contribution < -0.4 is 10.6 Å². The first-order valence-corrected chi connectivity index (χ1v) is 6.53. The molecule has 2 N–H and O–H groups in total. The van der Waals surface area contributed by atoms with Crippen molar-refractivity contribution in [3.05, 3.63) is 12.2 Å². The predicted molar refractivity (Wildman–Crippen MR) is 65.5 cm³/mol. The highest BCUT2D eigenvalue weighted by Crippen LogP contribution is 2.58. The molecular weight excluding hydrogens is 230 g/mol. The van der Waals surface area contributed by atoms with Crippen LogP contribution in [0.1, 0.15) is 25.1 Å². The number of nitrogens with zero attached hydrogens (tertiary/aromatic N) is 3. The lowest BCUT2D eigenvalue weighted by Crippen LogP contribution is -2.33. The molecule has 0 bridgehead atoms. The van der Waals surface area contributed by atoms with Crippen molar-refractivity contribution >= 4 is 5.91 Å². The zero-order valence-corrected chi connectivity index (χ0v) is 10.6. The number of carbonyl (C=O) groups is 1. The van der Waals surface area contributed by atoms with Crippen LogP contribution >= 0.6 is 0 Å². The molecule has 1 aliphatic heterocycles. The molecule has 18 heavy (non-hydrogen) atoms. The maximum atomic E-state index is 12.1. The van der Waals surface area contributed by atoms with Crippen LogP contribution in [-0.2, 0) is 18.4 Å². The average molecular weight is 249 g/mol. The molecule has 6 nitrogen and oxygen atoms in total. The minimum absolute atomic E-state index is 0.180. The number of rotatable bonds is 3. The van der Waals surface area contributed by atoms with E-state index in [4.69, 9.17) is 0 Å². The zero-order valence-electron chi connectivity index (χ0n) is 10.6. The fourth-order valence-electron chi connectivity index (χ4n) is 2.95. The zero-order chi connectivity index (χ0) is 12.6. The maximum absolute atomic E-state index is 12.1.